The van der Waals surface area contributed by atoms with Crippen LogP contribution in [0.15, 0.2) is 42.5 Å². The number of fused-ring (bicyclic) bond motifs is 4. The molecule has 3 aliphatic heterocycles. The molecule has 7 heteroatoms. The largest absolute Gasteiger partial charge is 0.424 e. The first-order chi connectivity index (χ1) is 13.7. The lowest BCUT2D eigenvalue weighted by atomic mass is 9.99. The van der Waals surface area contributed by atoms with Crippen LogP contribution in [0.1, 0.15) is 27.7 Å². The van der Waals surface area contributed by atoms with Crippen molar-refractivity contribution in [1.82, 2.24) is 0 Å². The molecule has 3 aliphatic rings. The van der Waals surface area contributed by atoms with Crippen LogP contribution >= 0.6 is 0 Å². The van der Waals surface area contributed by atoms with E-state index in [2.05, 4.69) is 0 Å². The molecule has 29 heavy (non-hydrogen) atoms. The summed E-state index contributed by atoms with van der Waals surface area (Å²) in [5.41, 5.74) is 0. The lowest BCUT2D eigenvalue weighted by Crippen LogP contribution is -2.58. The smallest absolute Gasteiger partial charge is 0.343 e. The predicted octanol–water partition coefficient (Wildman–Crippen LogP) is 3.14. The first kappa shape index (κ1) is 19.0. The topological polar surface area (TPSA) is 72.5 Å². The fraction of sp³-hybridized carbons (Fsp3) is 0.500. The summed E-state index contributed by atoms with van der Waals surface area (Å²) in [6.07, 6.45) is -3.39. The van der Waals surface area contributed by atoms with Crippen molar-refractivity contribution in [3.05, 3.63) is 42.5 Å². The summed E-state index contributed by atoms with van der Waals surface area (Å²) in [4.78, 5) is 13.1. The third-order valence-corrected chi connectivity index (χ3v) is 5.35. The highest BCUT2D eigenvalue weighted by molar-refractivity contribution is 5.91. The summed E-state index contributed by atoms with van der Waals surface area (Å²) in [5.74, 6) is -1.80. The zero-order valence-electron chi connectivity index (χ0n) is 16.8. The van der Waals surface area contributed by atoms with E-state index in [1.165, 1.54) is 0 Å². The zero-order chi connectivity index (χ0) is 20.4. The summed E-state index contributed by atoms with van der Waals surface area (Å²) >= 11 is 0. The number of carbonyl (C=O) groups excluding carboxylic acids is 1. The van der Waals surface area contributed by atoms with Gasteiger partial charge in [0.25, 0.3) is 0 Å². The molecule has 0 amide bonds. The second kappa shape index (κ2) is 6.48. The highest BCUT2D eigenvalue weighted by Crippen LogP contribution is 2.44. The maximum atomic E-state index is 13.1. The van der Waals surface area contributed by atoms with Crippen LogP contribution in [-0.2, 0) is 28.5 Å². The van der Waals surface area contributed by atoms with Gasteiger partial charge in [0.15, 0.2) is 24.0 Å². The molecule has 2 aromatic rings. The molecule has 0 unspecified atom stereocenters. The second-order valence-electron chi connectivity index (χ2n) is 8.49. The van der Waals surface area contributed by atoms with Crippen LogP contribution in [0, 0.1) is 0 Å². The van der Waals surface area contributed by atoms with Crippen LogP contribution in [0.5, 0.6) is 5.75 Å². The van der Waals surface area contributed by atoms with Gasteiger partial charge < -0.3 is 28.4 Å². The minimum absolute atomic E-state index is 0.470. The van der Waals surface area contributed by atoms with Gasteiger partial charge >= 0.3 is 5.97 Å². The van der Waals surface area contributed by atoms with E-state index >= 15 is 0 Å². The molecular formula is C22H24O7. The third kappa shape index (κ3) is 3.33. The molecule has 0 saturated carbocycles. The van der Waals surface area contributed by atoms with E-state index in [0.29, 0.717) is 5.75 Å². The summed E-state index contributed by atoms with van der Waals surface area (Å²) in [6, 6.07) is 13.3. The molecule has 0 aliphatic carbocycles. The molecule has 0 spiro atoms. The maximum Gasteiger partial charge on any atom is 0.343 e. The molecule has 5 rings (SSSR count). The highest BCUT2D eigenvalue weighted by Gasteiger charge is 2.62. The van der Waals surface area contributed by atoms with Gasteiger partial charge in [0.05, 0.1) is 0 Å². The summed E-state index contributed by atoms with van der Waals surface area (Å²) < 4.78 is 35.6. The molecule has 0 N–H and O–H groups in total. The van der Waals surface area contributed by atoms with E-state index in [1.807, 2.05) is 36.4 Å². The van der Waals surface area contributed by atoms with Crippen molar-refractivity contribution in [2.24, 2.45) is 0 Å². The molecule has 154 valence electrons. The summed E-state index contributed by atoms with van der Waals surface area (Å²) in [5, 5.41) is 1.83. The van der Waals surface area contributed by atoms with Gasteiger partial charge in [-0.2, -0.15) is 0 Å². The molecule has 0 radical (unpaired) electrons. The lowest BCUT2D eigenvalue weighted by molar-refractivity contribution is -0.236. The van der Waals surface area contributed by atoms with Gasteiger partial charge in [-0.3, -0.25) is 0 Å². The minimum Gasteiger partial charge on any atom is -0.424 e. The maximum absolute atomic E-state index is 13.1. The Morgan fingerprint density at radius 1 is 0.828 bits per heavy atom. The molecular weight excluding hydrogens is 376 g/mol. The van der Waals surface area contributed by atoms with Crippen LogP contribution in [-0.4, -0.2) is 48.2 Å². The molecule has 3 saturated heterocycles. The Labute approximate surface area is 168 Å². The van der Waals surface area contributed by atoms with E-state index < -0.39 is 48.2 Å². The van der Waals surface area contributed by atoms with Gasteiger partial charge in [0, 0.05) is 5.39 Å². The van der Waals surface area contributed by atoms with Gasteiger partial charge in [-0.15, -0.1) is 0 Å². The van der Waals surface area contributed by atoms with E-state index in [1.54, 1.807) is 33.8 Å². The monoisotopic (exact) mass is 400 g/mol. The summed E-state index contributed by atoms with van der Waals surface area (Å²) in [7, 11) is 0. The van der Waals surface area contributed by atoms with E-state index in [0.717, 1.165) is 10.8 Å². The molecule has 5 atom stereocenters. The Hall–Kier alpha value is -2.03. The molecule has 7 nitrogen and oxygen atoms in total. The van der Waals surface area contributed by atoms with Crippen molar-refractivity contribution >= 4 is 16.7 Å². The molecule has 0 bridgehead atoms. The van der Waals surface area contributed by atoms with E-state index in [9.17, 15) is 4.79 Å². The Morgan fingerprint density at radius 3 is 2.31 bits per heavy atom. The van der Waals surface area contributed by atoms with Crippen LogP contribution in [0.2, 0.25) is 0 Å². The fourth-order valence-electron chi connectivity index (χ4n) is 4.25. The van der Waals surface area contributed by atoms with Crippen LogP contribution < -0.4 is 4.74 Å². The molecule has 3 heterocycles. The van der Waals surface area contributed by atoms with Crippen LogP contribution in [0.3, 0.4) is 0 Å². The van der Waals surface area contributed by atoms with Gasteiger partial charge in [0.1, 0.15) is 24.1 Å². The third-order valence-electron chi connectivity index (χ3n) is 5.35. The number of hydrogen-bond donors (Lipinski definition) is 0. The summed E-state index contributed by atoms with van der Waals surface area (Å²) in [6.45, 7) is 7.20. The second-order valence-corrected chi connectivity index (χ2v) is 8.49. The van der Waals surface area contributed by atoms with Crippen molar-refractivity contribution in [2.45, 2.75) is 70.0 Å². The van der Waals surface area contributed by atoms with Crippen molar-refractivity contribution in [1.29, 1.82) is 0 Å². The SMILES string of the molecule is CC1(C)O[C@@H]2O[C@H](C(=O)Oc3cccc4ccccc34)[C@@H]3OC(C)(C)O[C@H]3[C@@H]2O1. The van der Waals surface area contributed by atoms with Gasteiger partial charge in [-0.1, -0.05) is 36.4 Å². The van der Waals surface area contributed by atoms with Crippen molar-refractivity contribution in [2.75, 3.05) is 0 Å². The average molecular weight is 400 g/mol. The standard InChI is InChI=1S/C22H24O7/c1-21(2)26-15-16(27-21)18-20(29-22(3,4)28-18)25-17(15)19(23)24-14-11-7-9-12-8-5-6-10-13(12)14/h5-11,15-18,20H,1-4H3/t15-,16-,17+,18+,20+/m1/s1. The minimum atomic E-state index is -1.00. The Kier molecular flexibility index (Phi) is 4.24. The number of rotatable bonds is 2. The van der Waals surface area contributed by atoms with Gasteiger partial charge in [0.2, 0.25) is 0 Å². The van der Waals surface area contributed by atoms with Crippen LogP contribution in [0.25, 0.3) is 10.8 Å². The average Bonchev–Trinajstić information content (AvgIpc) is 3.15. The quantitative estimate of drug-likeness (QED) is 0.566. The van der Waals surface area contributed by atoms with Crippen molar-refractivity contribution in [3.63, 3.8) is 0 Å². The normalized spacial score (nSPS) is 34.6. The van der Waals surface area contributed by atoms with Gasteiger partial charge in [-0.25, -0.2) is 4.79 Å². The number of carbonyl (C=O) groups is 1. The molecule has 3 fully saturated rings. The van der Waals surface area contributed by atoms with E-state index in [-0.39, 0.29) is 0 Å². The Balaban J connectivity index is 1.44. The number of esters is 1. The number of ether oxygens (including phenoxy) is 6. The molecule has 0 aromatic heterocycles. The lowest BCUT2D eigenvalue weighted by Gasteiger charge is -2.35. The van der Waals surface area contributed by atoms with Gasteiger partial charge in [-0.05, 0) is 39.1 Å². The first-order valence-electron chi connectivity index (χ1n) is 9.79. The Bertz CT molecular complexity index is 948. The van der Waals surface area contributed by atoms with E-state index in [4.69, 9.17) is 28.4 Å². The number of benzene rings is 2. The number of hydrogen-bond acceptors (Lipinski definition) is 7. The van der Waals surface area contributed by atoms with Crippen LogP contribution in [0.4, 0.5) is 0 Å². The zero-order valence-corrected chi connectivity index (χ0v) is 16.8. The Morgan fingerprint density at radius 2 is 1.48 bits per heavy atom. The highest BCUT2D eigenvalue weighted by atomic mass is 16.9. The van der Waals surface area contributed by atoms with Crippen molar-refractivity contribution < 1.29 is 33.2 Å². The fourth-order valence-corrected chi connectivity index (χ4v) is 4.25. The van der Waals surface area contributed by atoms with Crippen molar-refractivity contribution in [3.8, 4) is 5.75 Å². The first-order valence-corrected chi connectivity index (χ1v) is 9.79. The molecule has 2 aromatic carbocycles. The predicted molar refractivity (Wildman–Crippen MR) is 102 cm³/mol.